The van der Waals surface area contributed by atoms with Crippen LogP contribution in [0, 0.1) is 17.3 Å². The summed E-state index contributed by atoms with van der Waals surface area (Å²) < 4.78 is 0. The molecule has 0 bridgehead atoms. The molecule has 0 heteroatoms. The third-order valence-electron chi connectivity index (χ3n) is 3.58. The zero-order valence-electron chi connectivity index (χ0n) is 7.78. The van der Waals surface area contributed by atoms with Crippen molar-refractivity contribution in [2.45, 2.75) is 54.4 Å². The first kappa shape index (κ1) is 11.0. The lowest BCUT2D eigenvalue weighted by Crippen LogP contribution is -2.39. The summed E-state index contributed by atoms with van der Waals surface area (Å²) in [6.45, 7) is 9.50. The van der Waals surface area contributed by atoms with Gasteiger partial charge in [0.05, 0.1) is 0 Å². The van der Waals surface area contributed by atoms with Gasteiger partial charge in [-0.3, -0.25) is 0 Å². The van der Waals surface area contributed by atoms with Crippen molar-refractivity contribution in [3.8, 4) is 0 Å². The zero-order valence-corrected chi connectivity index (χ0v) is 7.78. The molecule has 1 saturated carbocycles. The van der Waals surface area contributed by atoms with Gasteiger partial charge in [0.2, 0.25) is 0 Å². The van der Waals surface area contributed by atoms with Crippen LogP contribution in [0.4, 0.5) is 0 Å². The molecule has 0 saturated heterocycles. The highest BCUT2D eigenvalue weighted by atomic mass is 14.5. The Morgan fingerprint density at radius 3 is 1.27 bits per heavy atom. The van der Waals surface area contributed by atoms with E-state index in [4.69, 9.17) is 0 Å². The van der Waals surface area contributed by atoms with Crippen molar-refractivity contribution < 1.29 is 0 Å². The second-order valence-corrected chi connectivity index (χ2v) is 4.40. The number of hydrogen-bond acceptors (Lipinski definition) is 0. The minimum Gasteiger partial charge on any atom is -0.0776 e. The van der Waals surface area contributed by atoms with Crippen LogP contribution in [-0.2, 0) is 0 Å². The molecule has 1 aliphatic rings. The molecule has 1 aliphatic carbocycles. The van der Waals surface area contributed by atoms with Crippen molar-refractivity contribution >= 4 is 0 Å². The summed E-state index contributed by atoms with van der Waals surface area (Å²) in [6.07, 6.45) is 4.42. The van der Waals surface area contributed by atoms with Crippen molar-refractivity contribution in [2.75, 3.05) is 0 Å². The molecule has 0 N–H and O–H groups in total. The van der Waals surface area contributed by atoms with Crippen molar-refractivity contribution in [2.24, 2.45) is 17.3 Å². The fraction of sp³-hybridized carbons (Fsp3) is 1.00. The minimum absolute atomic E-state index is 0. The fourth-order valence-electron chi connectivity index (χ4n) is 2.41. The van der Waals surface area contributed by atoms with Crippen LogP contribution in [0.3, 0.4) is 0 Å². The summed E-state index contributed by atoms with van der Waals surface area (Å²) >= 11 is 0. The zero-order chi connectivity index (χ0) is 7.78. The van der Waals surface area contributed by atoms with E-state index < -0.39 is 0 Å². The van der Waals surface area contributed by atoms with Crippen LogP contribution < -0.4 is 0 Å². The van der Waals surface area contributed by atoms with E-state index in [0.717, 1.165) is 17.3 Å². The second-order valence-electron chi connectivity index (χ2n) is 4.40. The number of hydrogen-bond donors (Lipinski definition) is 0. The van der Waals surface area contributed by atoms with Gasteiger partial charge in [0.15, 0.2) is 0 Å². The Bertz CT molecular complexity index is 97.2. The second kappa shape index (κ2) is 3.60. The highest BCUT2D eigenvalue weighted by molar-refractivity contribution is 4.92. The molecule has 0 aromatic heterocycles. The summed E-state index contributed by atoms with van der Waals surface area (Å²) in [5, 5.41) is 0. The van der Waals surface area contributed by atoms with E-state index in [1.807, 2.05) is 0 Å². The summed E-state index contributed by atoms with van der Waals surface area (Å²) in [6, 6.07) is 0. The Morgan fingerprint density at radius 2 is 1.27 bits per heavy atom. The van der Waals surface area contributed by atoms with Crippen LogP contribution in [0.25, 0.3) is 0 Å². The minimum atomic E-state index is 0. The van der Waals surface area contributed by atoms with Crippen LogP contribution in [0.15, 0.2) is 0 Å². The molecule has 1 rings (SSSR count). The Labute approximate surface area is 72.4 Å². The fourth-order valence-corrected chi connectivity index (χ4v) is 2.41. The molecule has 11 heavy (non-hydrogen) atoms. The standard InChI is InChI=1S/C10H20.CH4/c1-8(2)10(9(3)4)6-5-7-10;/h8-9H,5-7H2,1-4H3;1H4. The van der Waals surface area contributed by atoms with Gasteiger partial charge in [0.1, 0.15) is 0 Å². The Morgan fingerprint density at radius 1 is 0.909 bits per heavy atom. The van der Waals surface area contributed by atoms with Gasteiger partial charge in [-0.05, 0) is 30.1 Å². The molecular formula is C11H24. The van der Waals surface area contributed by atoms with E-state index in [0.29, 0.717) is 0 Å². The highest BCUT2D eigenvalue weighted by Gasteiger charge is 2.41. The topological polar surface area (TPSA) is 0 Å². The third-order valence-corrected chi connectivity index (χ3v) is 3.58. The molecular weight excluding hydrogens is 132 g/mol. The summed E-state index contributed by atoms with van der Waals surface area (Å²) in [5.74, 6) is 1.78. The lowest BCUT2D eigenvalue weighted by atomic mass is 9.56. The average Bonchev–Trinajstić information content (AvgIpc) is 1.57. The molecule has 0 unspecified atom stereocenters. The smallest absolute Gasteiger partial charge is 0.0251 e. The SMILES string of the molecule is C.CC(C)C1(C(C)C)CCC1. The lowest BCUT2D eigenvalue weighted by Gasteiger charge is -2.49. The highest BCUT2D eigenvalue weighted by Crippen LogP contribution is 2.52. The van der Waals surface area contributed by atoms with E-state index in [2.05, 4.69) is 27.7 Å². The van der Waals surface area contributed by atoms with Gasteiger partial charge in [-0.2, -0.15) is 0 Å². The van der Waals surface area contributed by atoms with Gasteiger partial charge in [-0.25, -0.2) is 0 Å². The Kier molecular flexibility index (Phi) is 3.60. The molecule has 0 aliphatic heterocycles. The lowest BCUT2D eigenvalue weighted by molar-refractivity contribution is 0.0135. The van der Waals surface area contributed by atoms with E-state index in [1.54, 1.807) is 0 Å². The van der Waals surface area contributed by atoms with Crippen LogP contribution in [-0.4, -0.2) is 0 Å². The van der Waals surface area contributed by atoms with Gasteiger partial charge < -0.3 is 0 Å². The number of rotatable bonds is 2. The molecule has 1 fully saturated rings. The molecule has 0 amide bonds. The van der Waals surface area contributed by atoms with Crippen LogP contribution in [0.1, 0.15) is 54.4 Å². The maximum absolute atomic E-state index is 2.37. The first-order chi connectivity index (χ1) is 4.59. The summed E-state index contributed by atoms with van der Waals surface area (Å²) in [4.78, 5) is 0. The third kappa shape index (κ3) is 1.60. The first-order valence-corrected chi connectivity index (χ1v) is 4.59. The van der Waals surface area contributed by atoms with Crippen molar-refractivity contribution in [3.05, 3.63) is 0 Å². The maximum atomic E-state index is 2.37. The monoisotopic (exact) mass is 156 g/mol. The van der Waals surface area contributed by atoms with Crippen LogP contribution in [0.2, 0.25) is 0 Å². The van der Waals surface area contributed by atoms with Gasteiger partial charge in [0.25, 0.3) is 0 Å². The van der Waals surface area contributed by atoms with E-state index >= 15 is 0 Å². The molecule has 68 valence electrons. The van der Waals surface area contributed by atoms with Crippen molar-refractivity contribution in [3.63, 3.8) is 0 Å². The largest absolute Gasteiger partial charge is 0.0776 e. The molecule has 0 heterocycles. The molecule has 0 atom stereocenters. The molecule has 0 spiro atoms. The Balaban J connectivity index is 0.000001000. The summed E-state index contributed by atoms with van der Waals surface area (Å²) in [7, 11) is 0. The molecule has 0 nitrogen and oxygen atoms in total. The van der Waals surface area contributed by atoms with Gasteiger partial charge >= 0.3 is 0 Å². The van der Waals surface area contributed by atoms with Gasteiger partial charge in [-0.1, -0.05) is 41.5 Å². The molecule has 0 aromatic rings. The quantitative estimate of drug-likeness (QED) is 0.564. The van der Waals surface area contributed by atoms with Crippen molar-refractivity contribution in [1.29, 1.82) is 0 Å². The average molecular weight is 156 g/mol. The van der Waals surface area contributed by atoms with E-state index in [1.165, 1.54) is 19.3 Å². The molecule has 0 radical (unpaired) electrons. The maximum Gasteiger partial charge on any atom is -0.0251 e. The van der Waals surface area contributed by atoms with Crippen LogP contribution in [0.5, 0.6) is 0 Å². The van der Waals surface area contributed by atoms with Gasteiger partial charge in [-0.15, -0.1) is 0 Å². The van der Waals surface area contributed by atoms with Gasteiger partial charge in [0, 0.05) is 0 Å². The van der Waals surface area contributed by atoms with E-state index in [-0.39, 0.29) is 7.43 Å². The van der Waals surface area contributed by atoms with E-state index in [9.17, 15) is 0 Å². The normalized spacial score (nSPS) is 21.3. The van der Waals surface area contributed by atoms with Crippen LogP contribution >= 0.6 is 0 Å². The Hall–Kier alpha value is 0. The predicted molar refractivity (Wildman–Crippen MR) is 52.7 cm³/mol. The first-order valence-electron chi connectivity index (χ1n) is 4.59. The predicted octanol–water partition coefficient (Wildman–Crippen LogP) is 4.10. The summed E-state index contributed by atoms with van der Waals surface area (Å²) in [5.41, 5.74) is 0.722. The van der Waals surface area contributed by atoms with Crippen molar-refractivity contribution in [1.82, 2.24) is 0 Å². The molecule has 0 aromatic carbocycles.